The van der Waals surface area contributed by atoms with E-state index in [9.17, 15) is 4.79 Å². The normalized spacial score (nSPS) is 12.9. The lowest BCUT2D eigenvalue weighted by Gasteiger charge is -2.31. The van der Waals surface area contributed by atoms with Crippen molar-refractivity contribution in [1.82, 2.24) is 10.3 Å². The Hall–Kier alpha value is -0.840. The van der Waals surface area contributed by atoms with Crippen molar-refractivity contribution in [3.63, 3.8) is 0 Å². The summed E-state index contributed by atoms with van der Waals surface area (Å²) in [4.78, 5) is 15.9. The number of carbonyl (C=O) groups excluding carboxylic acids is 1. The van der Waals surface area contributed by atoms with Crippen LogP contribution in [0.4, 0.5) is 0 Å². The second kappa shape index (κ2) is 9.13. The number of amides is 1. The van der Waals surface area contributed by atoms with Crippen molar-refractivity contribution in [2.45, 2.75) is 32.7 Å². The van der Waals surface area contributed by atoms with Gasteiger partial charge in [0.15, 0.2) is 0 Å². The molecule has 1 atom stereocenters. The fourth-order valence-electron chi connectivity index (χ4n) is 1.93. The van der Waals surface area contributed by atoms with Crippen LogP contribution in [0, 0.1) is 5.92 Å². The van der Waals surface area contributed by atoms with E-state index in [0.717, 1.165) is 6.42 Å². The van der Waals surface area contributed by atoms with Gasteiger partial charge in [-0.3, -0.25) is 9.78 Å². The molecule has 1 amide bonds. The largest absolute Gasteiger partial charge is 0.346 e. The van der Waals surface area contributed by atoms with Crippen LogP contribution in [-0.2, 0) is 0 Å². The fraction of sp³-hybridized carbons (Fsp3) is 0.538. The molecule has 0 spiro atoms. The molecular formula is C13H23Cl2N3O. The summed E-state index contributed by atoms with van der Waals surface area (Å²) in [7, 11) is 0. The van der Waals surface area contributed by atoms with Gasteiger partial charge in [-0.2, -0.15) is 0 Å². The molecule has 110 valence electrons. The van der Waals surface area contributed by atoms with Crippen molar-refractivity contribution in [2.75, 3.05) is 6.54 Å². The number of pyridine rings is 1. The molecule has 1 aromatic heterocycles. The Labute approximate surface area is 127 Å². The Balaban J connectivity index is 0. The summed E-state index contributed by atoms with van der Waals surface area (Å²) in [5.74, 6) is 0.365. The molecule has 0 aliphatic rings. The number of hydrogen-bond acceptors (Lipinski definition) is 3. The molecule has 0 saturated carbocycles. The molecule has 19 heavy (non-hydrogen) atoms. The van der Waals surface area contributed by atoms with Crippen LogP contribution in [0.2, 0.25) is 0 Å². The van der Waals surface area contributed by atoms with Gasteiger partial charge in [0, 0.05) is 24.5 Å². The van der Waals surface area contributed by atoms with Gasteiger partial charge in [-0.25, -0.2) is 0 Å². The molecule has 0 radical (unpaired) electrons. The summed E-state index contributed by atoms with van der Waals surface area (Å²) in [6.45, 7) is 6.63. The van der Waals surface area contributed by atoms with Crippen molar-refractivity contribution in [3.8, 4) is 0 Å². The maximum absolute atomic E-state index is 12.0. The van der Waals surface area contributed by atoms with E-state index in [4.69, 9.17) is 5.73 Å². The van der Waals surface area contributed by atoms with Crippen LogP contribution in [-0.4, -0.2) is 23.0 Å². The highest BCUT2D eigenvalue weighted by Gasteiger charge is 2.26. The third kappa shape index (κ3) is 6.76. The summed E-state index contributed by atoms with van der Waals surface area (Å²) >= 11 is 0. The first-order valence-corrected chi connectivity index (χ1v) is 5.89. The average Bonchev–Trinajstić information content (AvgIpc) is 2.29. The van der Waals surface area contributed by atoms with Crippen LogP contribution in [0.5, 0.6) is 0 Å². The minimum atomic E-state index is -0.360. The Morgan fingerprint density at radius 1 is 1.47 bits per heavy atom. The number of nitrogens with one attached hydrogen (secondary N) is 1. The topological polar surface area (TPSA) is 68.0 Å². The van der Waals surface area contributed by atoms with E-state index in [1.165, 1.54) is 0 Å². The SMILES string of the molecule is CC(C)CC(C)(CN)NC(=O)c1cccnc1.Cl.Cl. The molecule has 1 rings (SSSR count). The predicted molar refractivity (Wildman–Crippen MR) is 83.1 cm³/mol. The van der Waals surface area contributed by atoms with Crippen molar-refractivity contribution in [1.29, 1.82) is 0 Å². The molecule has 6 heteroatoms. The summed E-state index contributed by atoms with van der Waals surface area (Å²) in [6, 6.07) is 3.49. The zero-order valence-corrected chi connectivity index (χ0v) is 13.2. The first kappa shape index (κ1) is 20.5. The van der Waals surface area contributed by atoms with Gasteiger partial charge in [-0.05, 0) is 31.4 Å². The van der Waals surface area contributed by atoms with E-state index in [1.807, 2.05) is 6.92 Å². The molecule has 0 bridgehead atoms. The lowest BCUT2D eigenvalue weighted by Crippen LogP contribution is -2.52. The summed E-state index contributed by atoms with van der Waals surface area (Å²) < 4.78 is 0. The minimum absolute atomic E-state index is 0. The molecule has 0 fully saturated rings. The van der Waals surface area contributed by atoms with Crippen molar-refractivity contribution in [2.24, 2.45) is 11.7 Å². The number of hydrogen-bond donors (Lipinski definition) is 2. The maximum Gasteiger partial charge on any atom is 0.253 e. The lowest BCUT2D eigenvalue weighted by atomic mass is 9.90. The number of aromatic nitrogens is 1. The van der Waals surface area contributed by atoms with Gasteiger partial charge in [0.2, 0.25) is 0 Å². The Kier molecular flexibility index (Phi) is 9.84. The maximum atomic E-state index is 12.0. The number of nitrogens with two attached hydrogens (primary N) is 1. The van der Waals surface area contributed by atoms with E-state index in [0.29, 0.717) is 18.0 Å². The van der Waals surface area contributed by atoms with Gasteiger partial charge >= 0.3 is 0 Å². The zero-order valence-electron chi connectivity index (χ0n) is 11.6. The first-order chi connectivity index (χ1) is 7.97. The van der Waals surface area contributed by atoms with Crippen LogP contribution >= 0.6 is 24.8 Å². The first-order valence-electron chi connectivity index (χ1n) is 5.89. The van der Waals surface area contributed by atoms with E-state index < -0.39 is 0 Å². The second-order valence-electron chi connectivity index (χ2n) is 5.06. The van der Waals surface area contributed by atoms with Crippen molar-refractivity contribution >= 4 is 30.7 Å². The average molecular weight is 308 g/mol. The lowest BCUT2D eigenvalue weighted by molar-refractivity contribution is 0.0898. The predicted octanol–water partition coefficient (Wildman–Crippen LogP) is 2.42. The van der Waals surface area contributed by atoms with Crippen LogP contribution in [0.1, 0.15) is 37.6 Å². The molecule has 0 aliphatic carbocycles. The number of carbonyl (C=O) groups is 1. The van der Waals surface area contributed by atoms with E-state index in [1.54, 1.807) is 24.5 Å². The smallest absolute Gasteiger partial charge is 0.253 e. The number of rotatable bonds is 5. The molecule has 3 N–H and O–H groups in total. The number of halogens is 2. The zero-order chi connectivity index (χ0) is 12.9. The van der Waals surface area contributed by atoms with Crippen molar-refractivity contribution < 1.29 is 4.79 Å². The third-order valence-corrected chi connectivity index (χ3v) is 2.65. The Morgan fingerprint density at radius 3 is 2.53 bits per heavy atom. The van der Waals surface area contributed by atoms with E-state index in [-0.39, 0.29) is 36.3 Å². The van der Waals surface area contributed by atoms with Crippen molar-refractivity contribution in [3.05, 3.63) is 30.1 Å². The van der Waals surface area contributed by atoms with Gasteiger partial charge < -0.3 is 11.1 Å². The molecular weight excluding hydrogens is 285 g/mol. The molecule has 1 aromatic rings. The molecule has 1 unspecified atom stereocenters. The molecule has 0 aromatic carbocycles. The van der Waals surface area contributed by atoms with Gasteiger partial charge in [0.25, 0.3) is 5.91 Å². The van der Waals surface area contributed by atoms with Gasteiger partial charge in [-0.1, -0.05) is 13.8 Å². The monoisotopic (exact) mass is 307 g/mol. The van der Waals surface area contributed by atoms with Crippen LogP contribution in [0.15, 0.2) is 24.5 Å². The van der Waals surface area contributed by atoms with Gasteiger partial charge in [0.05, 0.1) is 5.56 Å². The Bertz CT molecular complexity index is 373. The van der Waals surface area contributed by atoms with Crippen LogP contribution < -0.4 is 11.1 Å². The summed E-state index contributed by atoms with van der Waals surface area (Å²) in [6.07, 6.45) is 4.06. The molecule has 0 saturated heterocycles. The number of nitrogens with zero attached hydrogens (tertiary/aromatic N) is 1. The highest BCUT2D eigenvalue weighted by Crippen LogP contribution is 2.15. The van der Waals surface area contributed by atoms with Gasteiger partial charge in [-0.15, -0.1) is 24.8 Å². The molecule has 1 heterocycles. The third-order valence-electron chi connectivity index (χ3n) is 2.65. The van der Waals surface area contributed by atoms with E-state index in [2.05, 4.69) is 24.1 Å². The van der Waals surface area contributed by atoms with Crippen LogP contribution in [0.25, 0.3) is 0 Å². The molecule has 0 aliphatic heterocycles. The quantitative estimate of drug-likeness (QED) is 0.878. The second-order valence-corrected chi connectivity index (χ2v) is 5.06. The minimum Gasteiger partial charge on any atom is -0.346 e. The summed E-state index contributed by atoms with van der Waals surface area (Å²) in [5, 5.41) is 2.99. The fourth-order valence-corrected chi connectivity index (χ4v) is 1.93. The van der Waals surface area contributed by atoms with E-state index >= 15 is 0 Å². The highest BCUT2D eigenvalue weighted by atomic mass is 35.5. The Morgan fingerprint density at radius 2 is 2.11 bits per heavy atom. The summed E-state index contributed by atoms with van der Waals surface area (Å²) in [5.41, 5.74) is 5.96. The standard InChI is InChI=1S/C13H21N3O.2ClH/c1-10(2)7-13(3,9-14)16-12(17)11-5-4-6-15-8-11;;/h4-6,8,10H,7,9,14H2,1-3H3,(H,16,17);2*1H. The van der Waals surface area contributed by atoms with Crippen LogP contribution in [0.3, 0.4) is 0 Å². The highest BCUT2D eigenvalue weighted by molar-refractivity contribution is 5.94. The molecule has 4 nitrogen and oxygen atoms in total. The van der Waals surface area contributed by atoms with Gasteiger partial charge in [0.1, 0.15) is 0 Å².